The van der Waals surface area contributed by atoms with Crippen LogP contribution < -0.4 is 21.7 Å². The van der Waals surface area contributed by atoms with E-state index < -0.39 is 47.9 Å². The topological polar surface area (TPSA) is 151 Å². The number of aliphatic carboxylic acids is 1. The Morgan fingerprint density at radius 3 is 2.00 bits per heavy atom. The lowest BCUT2D eigenvalue weighted by Gasteiger charge is -2.25. The van der Waals surface area contributed by atoms with Crippen LogP contribution in [0, 0.1) is 5.92 Å². The fraction of sp³-hybridized carbons (Fsp3) is 0.765. The molecule has 0 bridgehead atoms. The number of hydrogen-bond acceptors (Lipinski definition) is 8. The molecule has 0 rings (SSSR count). The minimum Gasteiger partial charge on any atom is -0.480 e. The number of carboxylic acid groups (broad SMARTS) is 1. The molecule has 5 unspecified atom stereocenters. The maximum atomic E-state index is 12.7. The number of nitrogens with one attached hydrogen (secondary N) is 3. The third-order valence-electron chi connectivity index (χ3n) is 4.37. The first-order valence-electron chi connectivity index (χ1n) is 9.22. The Morgan fingerprint density at radius 1 is 1.00 bits per heavy atom. The summed E-state index contributed by atoms with van der Waals surface area (Å²) in [5.74, 6) is -2.49. The molecule has 12 heteroatoms. The molecule has 0 saturated carbocycles. The third kappa shape index (κ3) is 9.96. The fourth-order valence-corrected chi connectivity index (χ4v) is 3.16. The molecule has 0 radical (unpaired) electrons. The number of thiol groups is 2. The molecule has 0 aliphatic heterocycles. The van der Waals surface area contributed by atoms with E-state index in [9.17, 15) is 24.3 Å². The number of carbonyl (C=O) groups excluding carboxylic acids is 3. The van der Waals surface area contributed by atoms with Gasteiger partial charge < -0.3 is 26.8 Å². The van der Waals surface area contributed by atoms with Crippen LogP contribution in [0.2, 0.25) is 0 Å². The molecular formula is C17H32N4O5S3. The largest absolute Gasteiger partial charge is 0.480 e. The highest BCUT2D eigenvalue weighted by atomic mass is 32.2. The molecule has 9 nitrogen and oxygen atoms in total. The summed E-state index contributed by atoms with van der Waals surface area (Å²) >= 11 is 9.56. The van der Waals surface area contributed by atoms with Crippen LogP contribution in [-0.2, 0) is 19.2 Å². The summed E-state index contributed by atoms with van der Waals surface area (Å²) in [6.45, 7) is 3.53. The Kier molecular flexibility index (Phi) is 14.2. The number of hydrogen-bond donors (Lipinski definition) is 7. The van der Waals surface area contributed by atoms with Crippen LogP contribution in [0.3, 0.4) is 0 Å². The maximum Gasteiger partial charge on any atom is 0.326 e. The van der Waals surface area contributed by atoms with Gasteiger partial charge in [-0.25, -0.2) is 4.79 Å². The standard InChI is InChI=1S/C17H32N4O5S3/c1-4-9(2)13(17(25)26)21-16(24)12(8-28)20-15(23)11(5-6-29-3)19-14(22)10(18)7-27/h9-13,27-28H,4-8,18H2,1-3H3,(H,19,22)(H,20,23)(H,21,24)(H,25,26). The molecule has 0 spiro atoms. The van der Waals surface area contributed by atoms with Gasteiger partial charge in [-0.2, -0.15) is 37.0 Å². The van der Waals surface area contributed by atoms with E-state index in [1.54, 1.807) is 6.92 Å². The molecule has 29 heavy (non-hydrogen) atoms. The van der Waals surface area contributed by atoms with Crippen molar-refractivity contribution in [3.05, 3.63) is 0 Å². The molecule has 0 heterocycles. The summed E-state index contributed by atoms with van der Waals surface area (Å²) in [5.41, 5.74) is 5.64. The number of amides is 3. The molecule has 3 amide bonds. The van der Waals surface area contributed by atoms with E-state index in [2.05, 4.69) is 41.2 Å². The van der Waals surface area contributed by atoms with E-state index in [0.29, 0.717) is 18.6 Å². The van der Waals surface area contributed by atoms with E-state index in [-0.39, 0.29) is 17.4 Å². The van der Waals surface area contributed by atoms with Gasteiger partial charge in [-0.15, -0.1) is 0 Å². The van der Waals surface area contributed by atoms with Crippen molar-refractivity contribution in [1.29, 1.82) is 0 Å². The van der Waals surface area contributed by atoms with E-state index in [1.165, 1.54) is 11.8 Å². The first kappa shape index (κ1) is 27.9. The van der Waals surface area contributed by atoms with Crippen LogP contribution in [0.4, 0.5) is 0 Å². The van der Waals surface area contributed by atoms with Crippen molar-refractivity contribution in [2.45, 2.75) is 50.9 Å². The lowest BCUT2D eigenvalue weighted by molar-refractivity contribution is -0.143. The summed E-state index contributed by atoms with van der Waals surface area (Å²) in [6, 6.07) is -3.88. The average Bonchev–Trinajstić information content (AvgIpc) is 2.70. The van der Waals surface area contributed by atoms with Gasteiger partial charge in [0.15, 0.2) is 0 Å². The van der Waals surface area contributed by atoms with Gasteiger partial charge in [-0.3, -0.25) is 14.4 Å². The minimum absolute atomic E-state index is 0.0379. The highest BCUT2D eigenvalue weighted by Gasteiger charge is 2.31. The normalized spacial score (nSPS) is 16.1. The van der Waals surface area contributed by atoms with Crippen LogP contribution >= 0.6 is 37.0 Å². The summed E-state index contributed by atoms with van der Waals surface area (Å²) in [5, 5.41) is 16.9. The van der Waals surface area contributed by atoms with Crippen molar-refractivity contribution < 1.29 is 24.3 Å². The van der Waals surface area contributed by atoms with Crippen LogP contribution in [0.25, 0.3) is 0 Å². The summed E-state index contributed by atoms with van der Waals surface area (Å²) in [7, 11) is 0. The molecule has 0 aromatic carbocycles. The second-order valence-corrected chi connectivity index (χ2v) is 8.30. The molecule has 0 aromatic heterocycles. The predicted molar refractivity (Wildman–Crippen MR) is 122 cm³/mol. The quantitative estimate of drug-likeness (QED) is 0.170. The van der Waals surface area contributed by atoms with Crippen LogP contribution in [0.1, 0.15) is 26.7 Å². The molecular weight excluding hydrogens is 436 g/mol. The van der Waals surface area contributed by atoms with Gasteiger partial charge in [0.1, 0.15) is 18.1 Å². The van der Waals surface area contributed by atoms with Gasteiger partial charge in [0.25, 0.3) is 0 Å². The van der Waals surface area contributed by atoms with Gasteiger partial charge in [0.05, 0.1) is 6.04 Å². The highest BCUT2D eigenvalue weighted by Crippen LogP contribution is 2.09. The smallest absolute Gasteiger partial charge is 0.326 e. The zero-order chi connectivity index (χ0) is 22.6. The van der Waals surface area contributed by atoms with Gasteiger partial charge >= 0.3 is 5.97 Å². The van der Waals surface area contributed by atoms with Gasteiger partial charge in [-0.05, 0) is 24.3 Å². The molecule has 168 valence electrons. The molecule has 0 saturated heterocycles. The van der Waals surface area contributed by atoms with Crippen molar-refractivity contribution >= 4 is 60.7 Å². The SMILES string of the molecule is CCC(C)C(NC(=O)C(CS)NC(=O)C(CCSC)NC(=O)C(N)CS)C(=O)O. The number of carbonyl (C=O) groups is 4. The molecule has 6 N–H and O–H groups in total. The zero-order valence-electron chi connectivity index (χ0n) is 16.9. The summed E-state index contributed by atoms with van der Waals surface area (Å²) in [4.78, 5) is 48.6. The van der Waals surface area contributed by atoms with Crippen molar-refractivity contribution in [3.8, 4) is 0 Å². The monoisotopic (exact) mass is 468 g/mol. The Bertz CT molecular complexity index is 567. The van der Waals surface area contributed by atoms with Crippen molar-refractivity contribution in [3.63, 3.8) is 0 Å². The molecule has 0 aromatic rings. The average molecular weight is 469 g/mol. The molecule has 0 aliphatic rings. The zero-order valence-corrected chi connectivity index (χ0v) is 19.5. The third-order valence-corrected chi connectivity index (χ3v) is 5.77. The number of nitrogens with two attached hydrogens (primary N) is 1. The van der Waals surface area contributed by atoms with E-state index in [0.717, 1.165) is 0 Å². The van der Waals surface area contributed by atoms with Crippen molar-refractivity contribution in [2.75, 3.05) is 23.5 Å². The Morgan fingerprint density at radius 2 is 1.55 bits per heavy atom. The van der Waals surface area contributed by atoms with Gasteiger partial charge in [0, 0.05) is 11.5 Å². The van der Waals surface area contributed by atoms with Crippen molar-refractivity contribution in [2.24, 2.45) is 11.7 Å². The van der Waals surface area contributed by atoms with E-state index in [4.69, 9.17) is 5.73 Å². The van der Waals surface area contributed by atoms with Crippen molar-refractivity contribution in [1.82, 2.24) is 16.0 Å². The lowest BCUT2D eigenvalue weighted by Crippen LogP contribution is -2.58. The molecule has 5 atom stereocenters. The van der Waals surface area contributed by atoms with Crippen LogP contribution in [0.15, 0.2) is 0 Å². The number of rotatable bonds is 14. The Balaban J connectivity index is 5.18. The van der Waals surface area contributed by atoms with E-state index in [1.807, 2.05) is 13.2 Å². The predicted octanol–water partition coefficient (Wildman–Crippen LogP) is -0.488. The lowest BCUT2D eigenvalue weighted by atomic mass is 9.99. The van der Waals surface area contributed by atoms with Crippen LogP contribution in [0.5, 0.6) is 0 Å². The number of carboxylic acids is 1. The first-order valence-corrected chi connectivity index (χ1v) is 11.9. The highest BCUT2D eigenvalue weighted by molar-refractivity contribution is 7.98. The minimum atomic E-state index is -1.15. The molecule has 0 aliphatic carbocycles. The van der Waals surface area contributed by atoms with Gasteiger partial charge in [-0.1, -0.05) is 20.3 Å². The number of thioether (sulfide) groups is 1. The van der Waals surface area contributed by atoms with Gasteiger partial charge in [0.2, 0.25) is 17.7 Å². The second-order valence-electron chi connectivity index (χ2n) is 6.59. The fourth-order valence-electron chi connectivity index (χ4n) is 2.27. The second kappa shape index (κ2) is 14.8. The summed E-state index contributed by atoms with van der Waals surface area (Å²) < 4.78 is 0. The van der Waals surface area contributed by atoms with E-state index >= 15 is 0 Å². The molecule has 0 fully saturated rings. The Labute approximate surface area is 186 Å². The Hall–Kier alpha value is -1.11. The summed E-state index contributed by atoms with van der Waals surface area (Å²) in [6.07, 6.45) is 2.76. The maximum absolute atomic E-state index is 12.7. The first-order chi connectivity index (χ1) is 13.6. The van der Waals surface area contributed by atoms with Crippen LogP contribution in [-0.4, -0.2) is 76.5 Å².